The number of hydrogen-bond acceptors (Lipinski definition) is 1. The Morgan fingerprint density at radius 2 is 2.00 bits per heavy atom. The summed E-state index contributed by atoms with van der Waals surface area (Å²) in [4.78, 5) is 10.9. The highest BCUT2D eigenvalue weighted by atomic mass is 35.5. The first-order valence-electron chi connectivity index (χ1n) is 5.03. The van der Waals surface area contributed by atoms with Crippen molar-refractivity contribution in [2.75, 3.05) is 0 Å². The summed E-state index contributed by atoms with van der Waals surface area (Å²) in [6.45, 7) is 3.90. The molecule has 1 aromatic heterocycles. The van der Waals surface area contributed by atoms with Crippen molar-refractivity contribution in [2.45, 2.75) is 13.8 Å². The molecule has 2 aromatic rings. The van der Waals surface area contributed by atoms with Gasteiger partial charge in [-0.1, -0.05) is 17.7 Å². The quantitative estimate of drug-likeness (QED) is 0.727. The van der Waals surface area contributed by atoms with Crippen LogP contribution in [-0.4, -0.2) is 10.9 Å². The number of rotatable bonds is 2. The molecule has 82 valence electrons. The maximum Gasteiger partial charge on any atom is 0.151 e. The lowest BCUT2D eigenvalue weighted by atomic mass is 10.2. The molecule has 0 spiro atoms. The van der Waals surface area contributed by atoms with Crippen LogP contribution in [0.2, 0.25) is 5.02 Å². The number of carbonyl (C=O) groups excluding carboxylic acids is 1. The highest BCUT2D eigenvalue weighted by Gasteiger charge is 2.09. The van der Waals surface area contributed by atoms with E-state index in [2.05, 4.69) is 0 Å². The average molecular weight is 234 g/mol. The maximum absolute atomic E-state index is 10.9. The van der Waals surface area contributed by atoms with E-state index >= 15 is 0 Å². The first-order valence-corrected chi connectivity index (χ1v) is 5.41. The van der Waals surface area contributed by atoms with Crippen molar-refractivity contribution >= 4 is 17.9 Å². The molecule has 1 heterocycles. The average Bonchev–Trinajstić information content (AvgIpc) is 2.53. The van der Waals surface area contributed by atoms with E-state index in [1.807, 2.05) is 48.7 Å². The minimum Gasteiger partial charge on any atom is -0.318 e. The SMILES string of the molecule is Cc1cc(C=O)c(C)n1-c1cccc(Cl)c1. The summed E-state index contributed by atoms with van der Waals surface area (Å²) >= 11 is 5.96. The number of nitrogens with zero attached hydrogens (tertiary/aromatic N) is 1. The predicted molar refractivity (Wildman–Crippen MR) is 65.6 cm³/mol. The van der Waals surface area contributed by atoms with Crippen LogP contribution in [0.5, 0.6) is 0 Å². The zero-order valence-electron chi connectivity index (χ0n) is 9.20. The van der Waals surface area contributed by atoms with Gasteiger partial charge in [-0.15, -0.1) is 0 Å². The standard InChI is InChI=1S/C13H12ClNO/c1-9-6-11(8-16)10(2)15(9)13-5-3-4-12(14)7-13/h3-8H,1-2H3. The van der Waals surface area contributed by atoms with Gasteiger partial charge in [0.1, 0.15) is 0 Å². The Morgan fingerprint density at radius 1 is 1.25 bits per heavy atom. The molecular formula is C13H12ClNO. The molecular weight excluding hydrogens is 222 g/mol. The van der Waals surface area contributed by atoms with Gasteiger partial charge in [0.05, 0.1) is 0 Å². The Kier molecular flexibility index (Phi) is 2.84. The van der Waals surface area contributed by atoms with Gasteiger partial charge in [-0.05, 0) is 38.1 Å². The summed E-state index contributed by atoms with van der Waals surface area (Å²) in [6.07, 6.45) is 0.878. The van der Waals surface area contributed by atoms with Gasteiger partial charge in [0.2, 0.25) is 0 Å². The number of aromatic nitrogens is 1. The van der Waals surface area contributed by atoms with Gasteiger partial charge in [-0.25, -0.2) is 0 Å². The molecule has 0 aliphatic carbocycles. The molecule has 0 bridgehead atoms. The van der Waals surface area contributed by atoms with E-state index in [-0.39, 0.29) is 0 Å². The number of benzene rings is 1. The molecule has 0 N–H and O–H groups in total. The summed E-state index contributed by atoms with van der Waals surface area (Å²) < 4.78 is 2.02. The minimum absolute atomic E-state index is 0.692. The molecule has 2 rings (SSSR count). The minimum atomic E-state index is 0.692. The maximum atomic E-state index is 10.9. The van der Waals surface area contributed by atoms with Crippen molar-refractivity contribution in [3.63, 3.8) is 0 Å². The molecule has 1 aromatic carbocycles. The third-order valence-electron chi connectivity index (χ3n) is 2.66. The molecule has 3 heteroatoms. The van der Waals surface area contributed by atoms with Crippen LogP contribution in [0, 0.1) is 13.8 Å². The van der Waals surface area contributed by atoms with Crippen LogP contribution >= 0.6 is 11.6 Å². The predicted octanol–water partition coefficient (Wildman–Crippen LogP) is 3.56. The topological polar surface area (TPSA) is 22.0 Å². The molecule has 2 nitrogen and oxygen atoms in total. The van der Waals surface area contributed by atoms with Crippen LogP contribution < -0.4 is 0 Å². The summed E-state index contributed by atoms with van der Waals surface area (Å²) in [5.74, 6) is 0. The van der Waals surface area contributed by atoms with Crippen LogP contribution in [0.15, 0.2) is 30.3 Å². The van der Waals surface area contributed by atoms with Crippen molar-refractivity contribution in [2.24, 2.45) is 0 Å². The smallest absolute Gasteiger partial charge is 0.151 e. The fourth-order valence-electron chi connectivity index (χ4n) is 1.92. The molecule has 0 unspecified atom stereocenters. The zero-order chi connectivity index (χ0) is 11.7. The van der Waals surface area contributed by atoms with E-state index in [1.165, 1.54) is 0 Å². The lowest BCUT2D eigenvalue weighted by molar-refractivity contribution is 0.112. The normalized spacial score (nSPS) is 10.4. The summed E-state index contributed by atoms with van der Waals surface area (Å²) in [5, 5.41) is 0.692. The van der Waals surface area contributed by atoms with Crippen LogP contribution in [0.4, 0.5) is 0 Å². The van der Waals surface area contributed by atoms with E-state index in [9.17, 15) is 4.79 Å². The Labute approximate surface area is 99.5 Å². The molecule has 16 heavy (non-hydrogen) atoms. The molecule has 0 saturated heterocycles. The number of carbonyl (C=O) groups is 1. The second kappa shape index (κ2) is 4.14. The molecule has 0 aliphatic heterocycles. The van der Waals surface area contributed by atoms with E-state index in [0.29, 0.717) is 5.02 Å². The Morgan fingerprint density at radius 3 is 2.56 bits per heavy atom. The molecule has 0 radical (unpaired) electrons. The number of aryl methyl sites for hydroxylation is 1. The zero-order valence-corrected chi connectivity index (χ0v) is 9.95. The van der Waals surface area contributed by atoms with Crippen molar-refractivity contribution in [1.82, 2.24) is 4.57 Å². The van der Waals surface area contributed by atoms with E-state index in [4.69, 9.17) is 11.6 Å². The first-order chi connectivity index (χ1) is 7.63. The third kappa shape index (κ3) is 1.76. The van der Waals surface area contributed by atoms with Crippen molar-refractivity contribution in [1.29, 1.82) is 0 Å². The highest BCUT2D eigenvalue weighted by Crippen LogP contribution is 2.21. The monoisotopic (exact) mass is 233 g/mol. The summed E-state index contributed by atoms with van der Waals surface area (Å²) in [7, 11) is 0. The van der Waals surface area contributed by atoms with Gasteiger partial charge < -0.3 is 4.57 Å². The van der Waals surface area contributed by atoms with Gasteiger partial charge >= 0.3 is 0 Å². The van der Waals surface area contributed by atoms with Crippen LogP contribution in [0.3, 0.4) is 0 Å². The Balaban J connectivity index is 2.64. The van der Waals surface area contributed by atoms with Gasteiger partial charge in [-0.3, -0.25) is 4.79 Å². The Hall–Kier alpha value is -1.54. The van der Waals surface area contributed by atoms with Gasteiger partial charge in [0.15, 0.2) is 6.29 Å². The van der Waals surface area contributed by atoms with Crippen LogP contribution in [0.25, 0.3) is 5.69 Å². The first kappa shape index (κ1) is 11.0. The summed E-state index contributed by atoms with van der Waals surface area (Å²) in [5.41, 5.74) is 3.67. The van der Waals surface area contributed by atoms with Gasteiger partial charge in [0, 0.05) is 27.7 Å². The lowest BCUT2D eigenvalue weighted by Crippen LogP contribution is -1.99. The van der Waals surface area contributed by atoms with E-state index in [1.54, 1.807) is 0 Å². The fourth-order valence-corrected chi connectivity index (χ4v) is 2.10. The van der Waals surface area contributed by atoms with Crippen LogP contribution in [-0.2, 0) is 0 Å². The number of hydrogen-bond donors (Lipinski definition) is 0. The van der Waals surface area contributed by atoms with Gasteiger partial charge in [0.25, 0.3) is 0 Å². The molecule has 0 fully saturated rings. The van der Waals surface area contributed by atoms with Gasteiger partial charge in [-0.2, -0.15) is 0 Å². The molecule has 0 amide bonds. The highest BCUT2D eigenvalue weighted by molar-refractivity contribution is 6.30. The fraction of sp³-hybridized carbons (Fsp3) is 0.154. The van der Waals surface area contributed by atoms with E-state index in [0.717, 1.165) is 28.9 Å². The number of halogens is 1. The second-order valence-electron chi connectivity index (χ2n) is 3.76. The third-order valence-corrected chi connectivity index (χ3v) is 2.90. The van der Waals surface area contributed by atoms with E-state index < -0.39 is 0 Å². The van der Waals surface area contributed by atoms with Crippen molar-refractivity contribution < 1.29 is 4.79 Å². The molecule has 0 atom stereocenters. The summed E-state index contributed by atoms with van der Waals surface area (Å²) in [6, 6.07) is 9.47. The molecule has 0 aliphatic rings. The van der Waals surface area contributed by atoms with Crippen molar-refractivity contribution in [3.05, 3.63) is 52.3 Å². The lowest BCUT2D eigenvalue weighted by Gasteiger charge is -2.09. The second-order valence-corrected chi connectivity index (χ2v) is 4.20. The van der Waals surface area contributed by atoms with Crippen LogP contribution in [0.1, 0.15) is 21.7 Å². The van der Waals surface area contributed by atoms with Crippen molar-refractivity contribution in [3.8, 4) is 5.69 Å². The molecule has 0 saturated carbocycles. The number of aldehydes is 1. The largest absolute Gasteiger partial charge is 0.318 e. The Bertz CT molecular complexity index is 543.